The highest BCUT2D eigenvalue weighted by molar-refractivity contribution is 5.49. The van der Waals surface area contributed by atoms with Gasteiger partial charge in [-0.05, 0) is 55.2 Å². The first-order valence-corrected chi connectivity index (χ1v) is 9.48. The fourth-order valence-corrected chi connectivity index (χ4v) is 4.01. The first-order valence-electron chi connectivity index (χ1n) is 9.48. The van der Waals surface area contributed by atoms with E-state index in [-0.39, 0.29) is 11.6 Å². The summed E-state index contributed by atoms with van der Waals surface area (Å²) in [6, 6.07) is 9.83. The number of aromatic nitrogens is 2. The molecular weight excluding hydrogens is 354 g/mol. The number of methoxy groups -OCH3 is 2. The van der Waals surface area contributed by atoms with Crippen molar-refractivity contribution in [3.05, 3.63) is 69.3 Å². The number of ether oxygens (including phenoxy) is 2. The van der Waals surface area contributed by atoms with Crippen molar-refractivity contribution in [1.29, 1.82) is 0 Å². The van der Waals surface area contributed by atoms with Gasteiger partial charge in [0.05, 0.1) is 19.9 Å². The van der Waals surface area contributed by atoms with Gasteiger partial charge in [-0.25, -0.2) is 4.98 Å². The van der Waals surface area contributed by atoms with E-state index < -0.39 is 0 Å². The standard InChI is InChI=1S/C22H25N3O3/c1-14-6-5-8-25-21(26)11-17(23-22(14)25)13-24-9-7-16-10-19(27-3)20(28-4)12-18(16)15(24)2/h5-6,8,10-12,15H,7,9,13H2,1-4H3/t15-/m0/s1. The summed E-state index contributed by atoms with van der Waals surface area (Å²) in [4.78, 5) is 19.6. The third kappa shape index (κ3) is 3.14. The van der Waals surface area contributed by atoms with Crippen LogP contribution in [-0.4, -0.2) is 35.0 Å². The molecule has 3 heterocycles. The Hall–Kier alpha value is -2.86. The van der Waals surface area contributed by atoms with E-state index in [4.69, 9.17) is 14.5 Å². The van der Waals surface area contributed by atoms with E-state index in [2.05, 4.69) is 24.0 Å². The molecule has 2 aromatic heterocycles. The lowest BCUT2D eigenvalue weighted by atomic mass is 9.92. The summed E-state index contributed by atoms with van der Waals surface area (Å²) in [6.45, 7) is 5.70. The Morgan fingerprint density at radius 2 is 1.93 bits per heavy atom. The van der Waals surface area contributed by atoms with Crippen LogP contribution in [-0.2, 0) is 13.0 Å². The zero-order valence-electron chi connectivity index (χ0n) is 16.7. The maximum Gasteiger partial charge on any atom is 0.258 e. The van der Waals surface area contributed by atoms with Gasteiger partial charge in [0.15, 0.2) is 11.5 Å². The van der Waals surface area contributed by atoms with Crippen LogP contribution in [0.1, 0.15) is 35.3 Å². The second-order valence-corrected chi connectivity index (χ2v) is 7.27. The second-order valence-electron chi connectivity index (χ2n) is 7.27. The summed E-state index contributed by atoms with van der Waals surface area (Å²) < 4.78 is 12.5. The molecule has 0 unspecified atom stereocenters. The molecule has 4 rings (SSSR count). The molecule has 146 valence electrons. The minimum atomic E-state index is -0.0415. The van der Waals surface area contributed by atoms with Gasteiger partial charge in [0.2, 0.25) is 0 Å². The number of rotatable bonds is 4. The molecule has 1 atom stereocenters. The molecule has 0 saturated carbocycles. The number of aryl methyl sites for hydroxylation is 1. The lowest BCUT2D eigenvalue weighted by molar-refractivity contribution is 0.186. The number of nitrogens with zero attached hydrogens (tertiary/aromatic N) is 3. The topological polar surface area (TPSA) is 56.1 Å². The largest absolute Gasteiger partial charge is 0.493 e. The number of hydrogen-bond acceptors (Lipinski definition) is 5. The van der Waals surface area contributed by atoms with Crippen LogP contribution in [0.2, 0.25) is 0 Å². The molecule has 1 aromatic carbocycles. The predicted molar refractivity (Wildman–Crippen MR) is 108 cm³/mol. The average molecular weight is 379 g/mol. The molecule has 0 N–H and O–H groups in total. The average Bonchev–Trinajstić information content (AvgIpc) is 2.70. The summed E-state index contributed by atoms with van der Waals surface area (Å²) in [6.07, 6.45) is 2.69. The third-order valence-electron chi connectivity index (χ3n) is 5.62. The van der Waals surface area contributed by atoms with Crippen molar-refractivity contribution in [2.24, 2.45) is 0 Å². The first kappa shape index (κ1) is 18.5. The van der Waals surface area contributed by atoms with Crippen LogP contribution in [0, 0.1) is 6.92 Å². The molecule has 0 bridgehead atoms. The fraction of sp³-hybridized carbons (Fsp3) is 0.364. The quantitative estimate of drug-likeness (QED) is 0.697. The zero-order chi connectivity index (χ0) is 19.8. The third-order valence-corrected chi connectivity index (χ3v) is 5.62. The molecule has 0 radical (unpaired) electrons. The normalized spacial score (nSPS) is 16.8. The van der Waals surface area contributed by atoms with Crippen LogP contribution in [0.4, 0.5) is 0 Å². The minimum absolute atomic E-state index is 0.0415. The predicted octanol–water partition coefficient (Wildman–Crippen LogP) is 3.14. The lowest BCUT2D eigenvalue weighted by Gasteiger charge is -2.35. The van der Waals surface area contributed by atoms with Crippen LogP contribution in [0.3, 0.4) is 0 Å². The fourth-order valence-electron chi connectivity index (χ4n) is 4.01. The van der Waals surface area contributed by atoms with Crippen LogP contribution in [0.5, 0.6) is 11.5 Å². The summed E-state index contributed by atoms with van der Waals surface area (Å²) >= 11 is 0. The maximum absolute atomic E-state index is 12.5. The van der Waals surface area contributed by atoms with Crippen LogP contribution < -0.4 is 15.0 Å². The van der Waals surface area contributed by atoms with E-state index in [1.165, 1.54) is 11.1 Å². The number of benzene rings is 1. The van der Waals surface area contributed by atoms with E-state index in [0.717, 1.165) is 41.4 Å². The highest BCUT2D eigenvalue weighted by atomic mass is 16.5. The highest BCUT2D eigenvalue weighted by Crippen LogP contribution is 2.38. The van der Waals surface area contributed by atoms with Crippen molar-refractivity contribution in [2.45, 2.75) is 32.9 Å². The summed E-state index contributed by atoms with van der Waals surface area (Å²) in [5, 5.41) is 0. The van der Waals surface area contributed by atoms with Gasteiger partial charge in [-0.15, -0.1) is 0 Å². The van der Waals surface area contributed by atoms with Crippen molar-refractivity contribution < 1.29 is 9.47 Å². The van der Waals surface area contributed by atoms with Crippen molar-refractivity contribution in [2.75, 3.05) is 20.8 Å². The van der Waals surface area contributed by atoms with Gasteiger partial charge in [-0.2, -0.15) is 0 Å². The van der Waals surface area contributed by atoms with E-state index in [1.807, 2.05) is 19.1 Å². The molecule has 0 aliphatic carbocycles. The summed E-state index contributed by atoms with van der Waals surface area (Å²) in [5.74, 6) is 1.51. The van der Waals surface area contributed by atoms with Gasteiger partial charge in [0.1, 0.15) is 5.65 Å². The molecule has 6 heteroatoms. The Balaban J connectivity index is 1.66. The molecule has 3 aromatic rings. The van der Waals surface area contributed by atoms with Crippen molar-refractivity contribution >= 4 is 5.65 Å². The molecule has 0 spiro atoms. The Labute approximate surface area is 164 Å². The summed E-state index contributed by atoms with van der Waals surface area (Å²) in [7, 11) is 3.32. The Bertz CT molecular complexity index is 1090. The molecule has 28 heavy (non-hydrogen) atoms. The van der Waals surface area contributed by atoms with Gasteiger partial charge in [0, 0.05) is 31.4 Å². The maximum atomic E-state index is 12.5. The molecule has 6 nitrogen and oxygen atoms in total. The molecule has 0 saturated heterocycles. The van der Waals surface area contributed by atoms with Gasteiger partial charge >= 0.3 is 0 Å². The van der Waals surface area contributed by atoms with E-state index in [0.29, 0.717) is 6.54 Å². The number of hydrogen-bond donors (Lipinski definition) is 0. The molecule has 1 aliphatic rings. The highest BCUT2D eigenvalue weighted by Gasteiger charge is 2.26. The summed E-state index contributed by atoms with van der Waals surface area (Å²) in [5.41, 5.74) is 4.99. The Kier molecular flexibility index (Phi) is 4.81. The lowest BCUT2D eigenvalue weighted by Crippen LogP contribution is -2.34. The van der Waals surface area contributed by atoms with E-state index in [1.54, 1.807) is 30.9 Å². The monoisotopic (exact) mass is 379 g/mol. The van der Waals surface area contributed by atoms with E-state index >= 15 is 0 Å². The molecule has 0 fully saturated rings. The van der Waals surface area contributed by atoms with E-state index in [9.17, 15) is 4.79 Å². The van der Waals surface area contributed by atoms with Crippen LogP contribution in [0.15, 0.2) is 41.3 Å². The molecule has 0 amide bonds. The Morgan fingerprint density at radius 1 is 1.18 bits per heavy atom. The minimum Gasteiger partial charge on any atom is -0.493 e. The van der Waals surface area contributed by atoms with Gasteiger partial charge in [-0.1, -0.05) is 6.07 Å². The van der Waals surface area contributed by atoms with Crippen molar-refractivity contribution in [3.8, 4) is 11.5 Å². The Morgan fingerprint density at radius 3 is 2.68 bits per heavy atom. The van der Waals surface area contributed by atoms with Gasteiger partial charge in [-0.3, -0.25) is 14.1 Å². The molecular formula is C22H25N3O3. The second kappa shape index (κ2) is 7.28. The number of pyridine rings is 1. The van der Waals surface area contributed by atoms with Crippen molar-refractivity contribution in [1.82, 2.24) is 14.3 Å². The van der Waals surface area contributed by atoms with Gasteiger partial charge in [0.25, 0.3) is 5.56 Å². The van der Waals surface area contributed by atoms with Crippen molar-refractivity contribution in [3.63, 3.8) is 0 Å². The zero-order valence-corrected chi connectivity index (χ0v) is 16.7. The first-order chi connectivity index (χ1) is 13.5. The van der Waals surface area contributed by atoms with Crippen LogP contribution in [0.25, 0.3) is 5.65 Å². The molecule has 1 aliphatic heterocycles. The van der Waals surface area contributed by atoms with Crippen LogP contribution >= 0.6 is 0 Å². The van der Waals surface area contributed by atoms with Gasteiger partial charge < -0.3 is 9.47 Å². The SMILES string of the molecule is COc1cc2c(cc1OC)[C@H](C)N(Cc1cc(=O)n3cccc(C)c3n1)CC2. The number of fused-ring (bicyclic) bond motifs is 2. The smallest absolute Gasteiger partial charge is 0.258 e.